The van der Waals surface area contributed by atoms with E-state index in [-0.39, 0.29) is 17.6 Å². The Hall–Kier alpha value is -3.71. The average molecular weight is 444 g/mol. The Bertz CT molecular complexity index is 1240. The second kappa shape index (κ2) is 10.1. The van der Waals surface area contributed by atoms with Crippen LogP contribution in [0.5, 0.6) is 0 Å². The number of anilines is 1. The van der Waals surface area contributed by atoms with Gasteiger partial charge < -0.3 is 10.1 Å². The number of thioether (sulfide) groups is 1. The molecule has 0 radical (unpaired) electrons. The van der Waals surface area contributed by atoms with E-state index in [1.165, 1.54) is 17.1 Å². The molecular formula is C25H21N3O3S. The fraction of sp³-hybridized carbons (Fsp3) is 0.120. The van der Waals surface area contributed by atoms with Crippen LogP contribution in [-0.4, -0.2) is 34.4 Å². The summed E-state index contributed by atoms with van der Waals surface area (Å²) in [5.74, 6) is -0.352. The monoisotopic (exact) mass is 443 g/mol. The predicted molar refractivity (Wildman–Crippen MR) is 127 cm³/mol. The van der Waals surface area contributed by atoms with Gasteiger partial charge in [-0.05, 0) is 60.2 Å². The molecule has 0 bridgehead atoms. The highest BCUT2D eigenvalue weighted by atomic mass is 32.2. The van der Waals surface area contributed by atoms with Crippen molar-refractivity contribution in [2.45, 2.75) is 11.9 Å². The maximum absolute atomic E-state index is 12.2. The molecule has 0 saturated carbocycles. The number of ether oxygens (including phenoxy) is 1. The second-order valence-corrected chi connectivity index (χ2v) is 7.95. The highest BCUT2D eigenvalue weighted by molar-refractivity contribution is 7.99. The summed E-state index contributed by atoms with van der Waals surface area (Å²) in [5.41, 5.74) is 2.84. The summed E-state index contributed by atoms with van der Waals surface area (Å²) >= 11 is 1.31. The van der Waals surface area contributed by atoms with Gasteiger partial charge in [0.15, 0.2) is 0 Å². The summed E-state index contributed by atoms with van der Waals surface area (Å²) in [5, 5.41) is 14.4. The Morgan fingerprint density at radius 3 is 2.41 bits per heavy atom. The summed E-state index contributed by atoms with van der Waals surface area (Å²) < 4.78 is 4.95. The molecule has 0 saturated heterocycles. The van der Waals surface area contributed by atoms with Gasteiger partial charge in [-0.25, -0.2) is 4.79 Å². The van der Waals surface area contributed by atoms with Gasteiger partial charge in [0.25, 0.3) is 0 Å². The Kier molecular flexibility index (Phi) is 6.77. The third kappa shape index (κ3) is 5.31. The number of rotatable bonds is 7. The van der Waals surface area contributed by atoms with E-state index in [1.54, 1.807) is 31.2 Å². The zero-order valence-electron chi connectivity index (χ0n) is 17.4. The molecule has 0 fully saturated rings. The van der Waals surface area contributed by atoms with Crippen LogP contribution in [0.4, 0.5) is 5.69 Å². The second-order valence-electron chi connectivity index (χ2n) is 6.95. The number of carbonyl (C=O) groups is 2. The molecule has 1 N–H and O–H groups in total. The van der Waals surface area contributed by atoms with E-state index in [1.807, 2.05) is 30.3 Å². The summed E-state index contributed by atoms with van der Waals surface area (Å²) in [6.45, 7) is 2.08. The number of esters is 1. The van der Waals surface area contributed by atoms with Crippen molar-refractivity contribution in [2.24, 2.45) is 0 Å². The summed E-state index contributed by atoms with van der Waals surface area (Å²) in [7, 11) is 0. The number of aromatic nitrogens is 2. The number of nitrogens with zero attached hydrogens (tertiary/aromatic N) is 2. The molecule has 1 heterocycles. The maximum atomic E-state index is 12.2. The molecule has 0 aliphatic rings. The molecule has 32 heavy (non-hydrogen) atoms. The molecule has 4 rings (SSSR count). The van der Waals surface area contributed by atoms with Gasteiger partial charge in [-0.3, -0.25) is 4.79 Å². The van der Waals surface area contributed by atoms with Gasteiger partial charge >= 0.3 is 5.97 Å². The number of carbonyl (C=O) groups excluding carboxylic acids is 2. The smallest absolute Gasteiger partial charge is 0.338 e. The topological polar surface area (TPSA) is 81.2 Å². The van der Waals surface area contributed by atoms with Crippen LogP contribution < -0.4 is 5.32 Å². The van der Waals surface area contributed by atoms with E-state index in [2.05, 4.69) is 39.8 Å². The average Bonchev–Trinajstić information content (AvgIpc) is 2.83. The van der Waals surface area contributed by atoms with Crippen molar-refractivity contribution >= 4 is 40.1 Å². The predicted octanol–water partition coefficient (Wildman–Crippen LogP) is 5.20. The summed E-state index contributed by atoms with van der Waals surface area (Å²) in [4.78, 5) is 23.9. The van der Waals surface area contributed by atoms with Crippen molar-refractivity contribution in [3.63, 3.8) is 0 Å². The first-order chi connectivity index (χ1) is 15.6. The number of fused-ring (bicyclic) bond motifs is 1. The van der Waals surface area contributed by atoms with Gasteiger partial charge in [0.2, 0.25) is 5.91 Å². The lowest BCUT2D eigenvalue weighted by Gasteiger charge is -2.07. The lowest BCUT2D eigenvalue weighted by molar-refractivity contribution is -0.113. The van der Waals surface area contributed by atoms with E-state index in [0.717, 1.165) is 16.6 Å². The lowest BCUT2D eigenvalue weighted by Crippen LogP contribution is -2.14. The third-order valence-electron chi connectivity index (χ3n) is 4.72. The highest BCUT2D eigenvalue weighted by Crippen LogP contribution is 2.24. The SMILES string of the molecule is CCOC(=O)c1ccc(NC(=O)CSc2ccc(-c3ccc4ccccc4c3)nn2)cc1. The standard InChI is InChI=1S/C25H21N3O3S/c1-2-31-25(30)18-9-11-21(12-10-18)26-23(29)16-32-24-14-13-22(27-28-24)20-8-7-17-5-3-4-6-19(17)15-20/h3-15H,2,16H2,1H3,(H,26,29). The largest absolute Gasteiger partial charge is 0.462 e. The van der Waals surface area contributed by atoms with Crippen LogP contribution in [0.1, 0.15) is 17.3 Å². The molecule has 160 valence electrons. The lowest BCUT2D eigenvalue weighted by atomic mass is 10.1. The van der Waals surface area contributed by atoms with Crippen molar-refractivity contribution in [1.82, 2.24) is 10.2 Å². The van der Waals surface area contributed by atoms with Gasteiger partial charge in [-0.15, -0.1) is 10.2 Å². The molecule has 0 atom stereocenters. The molecule has 1 amide bonds. The molecule has 6 nitrogen and oxygen atoms in total. The summed E-state index contributed by atoms with van der Waals surface area (Å²) in [6, 6.07) is 24.7. The first-order valence-electron chi connectivity index (χ1n) is 10.1. The first-order valence-corrected chi connectivity index (χ1v) is 11.1. The zero-order valence-corrected chi connectivity index (χ0v) is 18.3. The molecule has 0 aliphatic heterocycles. The highest BCUT2D eigenvalue weighted by Gasteiger charge is 2.09. The van der Waals surface area contributed by atoms with Crippen LogP contribution in [0.3, 0.4) is 0 Å². The third-order valence-corrected chi connectivity index (χ3v) is 5.64. The number of hydrogen-bond acceptors (Lipinski definition) is 6. The maximum Gasteiger partial charge on any atom is 0.338 e. The first kappa shape index (κ1) is 21.5. The van der Waals surface area contributed by atoms with Crippen LogP contribution in [0.15, 0.2) is 83.9 Å². The Morgan fingerprint density at radius 1 is 0.906 bits per heavy atom. The molecular weight excluding hydrogens is 422 g/mol. The quantitative estimate of drug-likeness (QED) is 0.312. The number of nitrogens with one attached hydrogen (secondary N) is 1. The van der Waals surface area contributed by atoms with E-state index in [9.17, 15) is 9.59 Å². The fourth-order valence-corrected chi connectivity index (χ4v) is 3.75. The minimum atomic E-state index is -0.383. The van der Waals surface area contributed by atoms with Crippen LogP contribution in [-0.2, 0) is 9.53 Å². The van der Waals surface area contributed by atoms with Gasteiger partial charge in [-0.1, -0.05) is 48.2 Å². The van der Waals surface area contributed by atoms with E-state index >= 15 is 0 Å². The Labute approximate surface area is 190 Å². The molecule has 4 aromatic rings. The van der Waals surface area contributed by atoms with Crippen molar-refractivity contribution in [1.29, 1.82) is 0 Å². The van der Waals surface area contributed by atoms with E-state index < -0.39 is 0 Å². The molecule has 0 spiro atoms. The molecule has 3 aromatic carbocycles. The number of hydrogen-bond donors (Lipinski definition) is 1. The molecule has 1 aromatic heterocycles. The Morgan fingerprint density at radius 2 is 1.69 bits per heavy atom. The zero-order chi connectivity index (χ0) is 22.3. The van der Waals surface area contributed by atoms with Gasteiger partial charge in [0.1, 0.15) is 5.03 Å². The van der Waals surface area contributed by atoms with Crippen molar-refractivity contribution in [3.8, 4) is 11.3 Å². The Balaban J connectivity index is 1.32. The van der Waals surface area contributed by atoms with Gasteiger partial charge in [0, 0.05) is 11.3 Å². The van der Waals surface area contributed by atoms with E-state index in [4.69, 9.17) is 4.74 Å². The van der Waals surface area contributed by atoms with Gasteiger partial charge in [-0.2, -0.15) is 0 Å². The van der Waals surface area contributed by atoms with Gasteiger partial charge in [0.05, 0.1) is 23.6 Å². The van der Waals surface area contributed by atoms with Crippen LogP contribution in [0, 0.1) is 0 Å². The number of amides is 1. The molecule has 0 unspecified atom stereocenters. The van der Waals surface area contributed by atoms with Crippen LogP contribution in [0.2, 0.25) is 0 Å². The van der Waals surface area contributed by atoms with E-state index in [0.29, 0.717) is 22.9 Å². The van der Waals surface area contributed by atoms with Crippen LogP contribution >= 0.6 is 11.8 Å². The summed E-state index contributed by atoms with van der Waals surface area (Å²) in [6.07, 6.45) is 0. The fourth-order valence-electron chi connectivity index (χ4n) is 3.14. The molecule has 7 heteroatoms. The van der Waals surface area contributed by atoms with Crippen molar-refractivity contribution in [2.75, 3.05) is 17.7 Å². The number of benzene rings is 3. The normalized spacial score (nSPS) is 10.7. The van der Waals surface area contributed by atoms with Crippen molar-refractivity contribution in [3.05, 3.63) is 84.4 Å². The van der Waals surface area contributed by atoms with Crippen LogP contribution in [0.25, 0.3) is 22.0 Å². The minimum absolute atomic E-state index is 0.167. The van der Waals surface area contributed by atoms with Crippen molar-refractivity contribution < 1.29 is 14.3 Å². The minimum Gasteiger partial charge on any atom is -0.462 e. The molecule has 0 aliphatic carbocycles.